The van der Waals surface area contributed by atoms with E-state index in [-0.39, 0.29) is 5.91 Å². The van der Waals surface area contributed by atoms with Crippen LogP contribution < -0.4 is 4.90 Å². The smallest absolute Gasteiger partial charge is 0.277 e. The Kier molecular flexibility index (Phi) is 4.97. The summed E-state index contributed by atoms with van der Waals surface area (Å²) in [5.74, 6) is 1.66. The highest BCUT2D eigenvalue weighted by molar-refractivity contribution is 7.18. The third kappa shape index (κ3) is 4.09. The van der Waals surface area contributed by atoms with Gasteiger partial charge in [0.1, 0.15) is 5.01 Å². The monoisotopic (exact) mass is 332 g/mol. The van der Waals surface area contributed by atoms with Crippen LogP contribution in [0.15, 0.2) is 24.3 Å². The van der Waals surface area contributed by atoms with Crippen LogP contribution in [0, 0.1) is 11.8 Å². The van der Waals surface area contributed by atoms with Crippen LogP contribution in [0.5, 0.6) is 0 Å². The molecule has 0 spiro atoms. The van der Waals surface area contributed by atoms with Crippen LogP contribution in [0.3, 0.4) is 0 Å². The summed E-state index contributed by atoms with van der Waals surface area (Å²) in [6.07, 6.45) is 1.29. The molecule has 2 aromatic rings. The molecule has 3 rings (SSSR count). The van der Waals surface area contributed by atoms with Gasteiger partial charge in [-0.05, 0) is 18.6 Å². The van der Waals surface area contributed by atoms with Crippen molar-refractivity contribution in [1.29, 1.82) is 0 Å². The number of carbonyl (C=O) groups excluding carboxylic acids is 1. The van der Waals surface area contributed by atoms with E-state index in [0.717, 1.165) is 35.4 Å². The Bertz CT molecular complexity index is 641. The summed E-state index contributed by atoms with van der Waals surface area (Å²) in [4.78, 5) is 20.4. The number of para-hydroxylation sites is 1. The van der Waals surface area contributed by atoms with E-state index >= 15 is 0 Å². The van der Waals surface area contributed by atoms with E-state index in [1.807, 2.05) is 30.1 Å². The Balaban J connectivity index is 1.58. The number of quaternary nitrogens is 1. The van der Waals surface area contributed by atoms with Crippen molar-refractivity contribution in [3.63, 3.8) is 0 Å². The van der Waals surface area contributed by atoms with Gasteiger partial charge in [0.25, 0.3) is 5.91 Å². The number of aromatic nitrogens is 1. The molecule has 23 heavy (non-hydrogen) atoms. The SMILES string of the molecule is C[C@@H]1C[C@@H](C)C[NH+](CC(=O)N(C)Cc2nc3ccccc3s2)C1. The standard InChI is InChI=1S/C18H25N3OS/c1-13-8-14(2)10-21(9-13)12-18(22)20(3)11-17-19-15-6-4-5-7-16(15)23-17/h4-7,13-14H,8-12H2,1-3H3/p+1/t13-,14-/m1/s1. The number of rotatable bonds is 4. The van der Waals surface area contributed by atoms with Gasteiger partial charge in [-0.2, -0.15) is 0 Å². The van der Waals surface area contributed by atoms with Crippen LogP contribution in [0.25, 0.3) is 10.2 Å². The summed E-state index contributed by atoms with van der Waals surface area (Å²) in [6.45, 7) is 8.04. The highest BCUT2D eigenvalue weighted by atomic mass is 32.1. The van der Waals surface area contributed by atoms with E-state index in [2.05, 4.69) is 24.9 Å². The number of hydrogen-bond donors (Lipinski definition) is 1. The Morgan fingerprint density at radius 2 is 2.00 bits per heavy atom. The number of likely N-dealkylation sites (tertiary alicyclic amines) is 1. The van der Waals surface area contributed by atoms with Crippen LogP contribution in [0.1, 0.15) is 25.3 Å². The molecule has 124 valence electrons. The van der Waals surface area contributed by atoms with Gasteiger partial charge in [-0.15, -0.1) is 11.3 Å². The minimum Gasteiger partial charge on any atom is -0.334 e. The number of fused-ring (bicyclic) bond motifs is 1. The second kappa shape index (κ2) is 6.97. The predicted octanol–water partition coefficient (Wildman–Crippen LogP) is 1.82. The van der Waals surface area contributed by atoms with Gasteiger partial charge in [-0.3, -0.25) is 4.79 Å². The third-order valence-corrected chi connectivity index (χ3v) is 5.64. The molecule has 0 aliphatic carbocycles. The molecule has 1 aliphatic rings. The van der Waals surface area contributed by atoms with Crippen molar-refractivity contribution >= 4 is 27.5 Å². The van der Waals surface area contributed by atoms with Gasteiger partial charge in [0.05, 0.1) is 29.9 Å². The summed E-state index contributed by atoms with van der Waals surface area (Å²) in [6, 6.07) is 8.14. The molecule has 1 amide bonds. The van der Waals surface area contributed by atoms with Gasteiger partial charge < -0.3 is 9.80 Å². The highest BCUT2D eigenvalue weighted by Crippen LogP contribution is 2.22. The zero-order valence-electron chi connectivity index (χ0n) is 14.2. The fourth-order valence-corrected chi connectivity index (χ4v) is 4.72. The quantitative estimate of drug-likeness (QED) is 0.927. The first kappa shape index (κ1) is 16.4. The molecule has 0 bridgehead atoms. The zero-order chi connectivity index (χ0) is 16.4. The number of thiazole rings is 1. The van der Waals surface area contributed by atoms with E-state index in [0.29, 0.717) is 13.1 Å². The summed E-state index contributed by atoms with van der Waals surface area (Å²) in [7, 11) is 1.89. The second-order valence-corrected chi connectivity index (χ2v) is 8.22. The Morgan fingerprint density at radius 3 is 2.70 bits per heavy atom. The number of nitrogens with one attached hydrogen (secondary N) is 1. The van der Waals surface area contributed by atoms with E-state index in [1.54, 1.807) is 11.3 Å². The first-order valence-electron chi connectivity index (χ1n) is 8.43. The van der Waals surface area contributed by atoms with E-state index in [9.17, 15) is 4.79 Å². The fourth-order valence-electron chi connectivity index (χ4n) is 3.69. The lowest BCUT2D eigenvalue weighted by molar-refractivity contribution is -0.904. The second-order valence-electron chi connectivity index (χ2n) is 7.11. The van der Waals surface area contributed by atoms with Gasteiger partial charge in [-0.25, -0.2) is 4.98 Å². The van der Waals surface area contributed by atoms with E-state index in [1.165, 1.54) is 16.0 Å². The number of hydrogen-bond acceptors (Lipinski definition) is 3. The van der Waals surface area contributed by atoms with Gasteiger partial charge in [0.15, 0.2) is 6.54 Å². The molecule has 1 aromatic heterocycles. The molecule has 1 aliphatic heterocycles. The van der Waals surface area contributed by atoms with Crippen molar-refractivity contribution in [2.75, 3.05) is 26.7 Å². The lowest BCUT2D eigenvalue weighted by atomic mass is 9.92. The molecular formula is C18H26N3OS+. The maximum absolute atomic E-state index is 12.5. The average Bonchev–Trinajstić information content (AvgIpc) is 2.88. The average molecular weight is 332 g/mol. The van der Waals surface area contributed by atoms with Gasteiger partial charge in [0.2, 0.25) is 0 Å². The number of likely N-dealkylation sites (N-methyl/N-ethyl adjacent to an activating group) is 1. The fraction of sp³-hybridized carbons (Fsp3) is 0.556. The molecule has 4 nitrogen and oxygen atoms in total. The minimum atomic E-state index is 0.223. The van der Waals surface area contributed by atoms with Gasteiger partial charge in [-0.1, -0.05) is 26.0 Å². The lowest BCUT2D eigenvalue weighted by Gasteiger charge is -2.32. The van der Waals surface area contributed by atoms with Crippen molar-refractivity contribution in [3.8, 4) is 0 Å². The minimum absolute atomic E-state index is 0.223. The number of piperidine rings is 1. The molecule has 2 heterocycles. The number of benzene rings is 1. The molecule has 0 saturated carbocycles. The number of nitrogens with zero attached hydrogens (tertiary/aromatic N) is 2. The molecule has 1 fully saturated rings. The molecule has 1 saturated heterocycles. The van der Waals surface area contributed by atoms with Crippen LogP contribution >= 0.6 is 11.3 Å². The summed E-state index contributed by atoms with van der Waals surface area (Å²) < 4.78 is 1.19. The highest BCUT2D eigenvalue weighted by Gasteiger charge is 2.27. The molecule has 0 unspecified atom stereocenters. The normalized spacial score (nSPS) is 24.7. The topological polar surface area (TPSA) is 37.6 Å². The van der Waals surface area contributed by atoms with E-state index < -0.39 is 0 Å². The Labute approximate surface area is 142 Å². The summed E-state index contributed by atoms with van der Waals surface area (Å²) >= 11 is 1.68. The van der Waals surface area contributed by atoms with Crippen molar-refractivity contribution in [1.82, 2.24) is 9.88 Å². The number of carbonyl (C=O) groups is 1. The molecule has 1 aromatic carbocycles. The van der Waals surface area contributed by atoms with Crippen LogP contribution in [0.2, 0.25) is 0 Å². The van der Waals surface area contributed by atoms with Crippen molar-refractivity contribution in [3.05, 3.63) is 29.3 Å². The van der Waals surface area contributed by atoms with Crippen molar-refractivity contribution in [2.24, 2.45) is 11.8 Å². The maximum Gasteiger partial charge on any atom is 0.277 e. The van der Waals surface area contributed by atoms with Gasteiger partial charge in [0, 0.05) is 18.9 Å². The Morgan fingerprint density at radius 1 is 1.30 bits per heavy atom. The zero-order valence-corrected chi connectivity index (χ0v) is 15.0. The van der Waals surface area contributed by atoms with Crippen LogP contribution in [0.4, 0.5) is 0 Å². The van der Waals surface area contributed by atoms with Crippen LogP contribution in [-0.2, 0) is 11.3 Å². The molecule has 0 radical (unpaired) electrons. The summed E-state index contributed by atoms with van der Waals surface area (Å²) in [5, 5.41) is 1.01. The lowest BCUT2D eigenvalue weighted by Crippen LogP contribution is -3.15. The van der Waals surface area contributed by atoms with Crippen molar-refractivity contribution in [2.45, 2.75) is 26.8 Å². The predicted molar refractivity (Wildman–Crippen MR) is 94.6 cm³/mol. The first-order valence-corrected chi connectivity index (χ1v) is 9.25. The van der Waals surface area contributed by atoms with Gasteiger partial charge >= 0.3 is 0 Å². The molecule has 1 N–H and O–H groups in total. The van der Waals surface area contributed by atoms with Crippen molar-refractivity contribution < 1.29 is 9.69 Å². The number of amides is 1. The maximum atomic E-state index is 12.5. The molecular weight excluding hydrogens is 306 g/mol. The summed E-state index contributed by atoms with van der Waals surface area (Å²) in [5.41, 5.74) is 1.03. The first-order chi connectivity index (χ1) is 11.0. The molecule has 5 heteroatoms. The third-order valence-electron chi connectivity index (χ3n) is 4.62. The largest absolute Gasteiger partial charge is 0.334 e. The Hall–Kier alpha value is -1.46. The van der Waals surface area contributed by atoms with Crippen LogP contribution in [-0.4, -0.2) is 42.5 Å². The molecule has 2 atom stereocenters. The van der Waals surface area contributed by atoms with E-state index in [4.69, 9.17) is 0 Å².